The molecule has 1 atom stereocenters. The highest BCUT2D eigenvalue weighted by Crippen LogP contribution is 2.29. The molecule has 3 rings (SSSR count). The van der Waals surface area contributed by atoms with E-state index in [-0.39, 0.29) is 23.3 Å². The number of nitrogens with one attached hydrogen (secondary N) is 2. The molecule has 1 aromatic heterocycles. The maximum absolute atomic E-state index is 12.4. The van der Waals surface area contributed by atoms with Crippen LogP contribution in [0.1, 0.15) is 43.7 Å². The number of benzene rings is 1. The van der Waals surface area contributed by atoms with Crippen molar-refractivity contribution in [2.75, 3.05) is 11.9 Å². The molecule has 0 bridgehead atoms. The number of aromatic carboxylic acids is 1. The van der Waals surface area contributed by atoms with E-state index in [1.807, 2.05) is 0 Å². The van der Waals surface area contributed by atoms with Gasteiger partial charge in [0.2, 0.25) is 0 Å². The van der Waals surface area contributed by atoms with Gasteiger partial charge in [-0.15, -0.1) is 11.3 Å². The zero-order valence-electron chi connectivity index (χ0n) is 13.5. The number of carboxylic acids is 1. The standard InChI is InChI=1S/C16H15N3O5S/c1-7-13(16(22)23)25-15(18-7)8(2)17-14(21)9-3-4-11-10(5-9)19-12(20)6-24-11/h3-5,8H,6H2,1-2H3,(H,17,21)(H,19,20)(H,22,23). The summed E-state index contributed by atoms with van der Waals surface area (Å²) in [6.07, 6.45) is 0. The molecule has 2 amide bonds. The van der Waals surface area contributed by atoms with E-state index < -0.39 is 12.0 Å². The van der Waals surface area contributed by atoms with Gasteiger partial charge in [-0.05, 0) is 32.0 Å². The zero-order valence-corrected chi connectivity index (χ0v) is 14.3. The van der Waals surface area contributed by atoms with Gasteiger partial charge in [0.05, 0.1) is 17.4 Å². The van der Waals surface area contributed by atoms with Crippen LogP contribution in [0.2, 0.25) is 0 Å². The van der Waals surface area contributed by atoms with Gasteiger partial charge in [-0.3, -0.25) is 9.59 Å². The summed E-state index contributed by atoms with van der Waals surface area (Å²) in [6, 6.07) is 4.29. The summed E-state index contributed by atoms with van der Waals surface area (Å²) in [5, 5.41) is 15.0. The van der Waals surface area contributed by atoms with Crippen LogP contribution in [0.4, 0.5) is 5.69 Å². The first-order valence-electron chi connectivity index (χ1n) is 7.43. The molecular weight excluding hydrogens is 346 g/mol. The van der Waals surface area contributed by atoms with Crippen molar-refractivity contribution >= 4 is 34.8 Å². The highest BCUT2D eigenvalue weighted by atomic mass is 32.1. The Balaban J connectivity index is 1.76. The van der Waals surface area contributed by atoms with Gasteiger partial charge >= 0.3 is 5.97 Å². The lowest BCUT2D eigenvalue weighted by molar-refractivity contribution is -0.118. The number of fused-ring (bicyclic) bond motifs is 1. The number of carboxylic acid groups (broad SMARTS) is 1. The molecular formula is C16H15N3O5S. The molecule has 0 saturated carbocycles. The van der Waals surface area contributed by atoms with Gasteiger partial charge in [0.15, 0.2) is 6.61 Å². The number of aryl methyl sites for hydroxylation is 1. The predicted octanol–water partition coefficient (Wildman–Crippen LogP) is 1.97. The molecule has 0 fully saturated rings. The molecule has 2 aromatic rings. The molecule has 0 radical (unpaired) electrons. The quantitative estimate of drug-likeness (QED) is 0.766. The number of carbonyl (C=O) groups is 3. The van der Waals surface area contributed by atoms with Crippen molar-refractivity contribution in [1.29, 1.82) is 0 Å². The molecule has 0 spiro atoms. The van der Waals surface area contributed by atoms with Gasteiger partial charge < -0.3 is 20.5 Å². The summed E-state index contributed by atoms with van der Waals surface area (Å²) in [5.41, 5.74) is 1.21. The lowest BCUT2D eigenvalue weighted by Crippen LogP contribution is -2.28. The van der Waals surface area contributed by atoms with Crippen molar-refractivity contribution in [3.8, 4) is 5.75 Å². The Hall–Kier alpha value is -2.94. The van der Waals surface area contributed by atoms with Gasteiger partial charge in [0.1, 0.15) is 15.6 Å². The minimum absolute atomic E-state index is 0.0507. The molecule has 1 unspecified atom stereocenters. The summed E-state index contributed by atoms with van der Waals surface area (Å²) < 4.78 is 5.25. The summed E-state index contributed by atoms with van der Waals surface area (Å²) in [7, 11) is 0. The summed E-state index contributed by atoms with van der Waals surface area (Å²) in [4.78, 5) is 39.2. The second kappa shape index (κ2) is 6.52. The number of ether oxygens (including phenoxy) is 1. The minimum atomic E-state index is -1.04. The number of rotatable bonds is 4. The fraction of sp³-hybridized carbons (Fsp3) is 0.250. The minimum Gasteiger partial charge on any atom is -0.482 e. The van der Waals surface area contributed by atoms with Gasteiger partial charge in [-0.25, -0.2) is 9.78 Å². The van der Waals surface area contributed by atoms with Gasteiger partial charge in [0, 0.05) is 5.56 Å². The number of aromatic nitrogens is 1. The van der Waals surface area contributed by atoms with Crippen LogP contribution in [0, 0.1) is 6.92 Å². The maximum atomic E-state index is 12.4. The van der Waals surface area contributed by atoms with Crippen molar-refractivity contribution in [2.24, 2.45) is 0 Å². The summed E-state index contributed by atoms with van der Waals surface area (Å²) in [6.45, 7) is 3.29. The fourth-order valence-electron chi connectivity index (χ4n) is 2.37. The van der Waals surface area contributed by atoms with Crippen molar-refractivity contribution < 1.29 is 24.2 Å². The van der Waals surface area contributed by atoms with E-state index in [0.29, 0.717) is 27.7 Å². The van der Waals surface area contributed by atoms with Crippen LogP contribution in [0.5, 0.6) is 5.75 Å². The Morgan fingerprint density at radius 2 is 2.20 bits per heavy atom. The first-order valence-corrected chi connectivity index (χ1v) is 8.25. The average Bonchev–Trinajstić information content (AvgIpc) is 2.96. The third-order valence-electron chi connectivity index (χ3n) is 3.60. The molecule has 2 heterocycles. The molecule has 130 valence electrons. The van der Waals surface area contributed by atoms with Crippen LogP contribution in [0.3, 0.4) is 0 Å². The average molecular weight is 361 g/mol. The highest BCUT2D eigenvalue weighted by Gasteiger charge is 2.21. The number of hydrogen-bond donors (Lipinski definition) is 3. The number of carbonyl (C=O) groups excluding carboxylic acids is 2. The third kappa shape index (κ3) is 3.45. The van der Waals surface area contributed by atoms with E-state index in [1.54, 1.807) is 26.0 Å². The Bertz CT molecular complexity index is 877. The maximum Gasteiger partial charge on any atom is 0.347 e. The van der Waals surface area contributed by atoms with Crippen molar-refractivity contribution in [2.45, 2.75) is 19.9 Å². The molecule has 9 heteroatoms. The molecule has 25 heavy (non-hydrogen) atoms. The Labute approximate surface area is 146 Å². The molecule has 0 saturated heterocycles. The fourth-order valence-corrected chi connectivity index (χ4v) is 3.28. The first-order chi connectivity index (χ1) is 11.8. The third-order valence-corrected chi connectivity index (χ3v) is 4.93. The van der Waals surface area contributed by atoms with Gasteiger partial charge in [0.25, 0.3) is 11.8 Å². The smallest absolute Gasteiger partial charge is 0.347 e. The number of hydrogen-bond acceptors (Lipinski definition) is 6. The van der Waals surface area contributed by atoms with Gasteiger partial charge in [-0.1, -0.05) is 0 Å². The van der Waals surface area contributed by atoms with Crippen molar-refractivity contribution in [3.05, 3.63) is 39.3 Å². The van der Waals surface area contributed by atoms with Crippen molar-refractivity contribution in [3.63, 3.8) is 0 Å². The molecule has 1 aliphatic rings. The number of thiazole rings is 1. The Morgan fingerprint density at radius 3 is 2.88 bits per heavy atom. The van der Waals surface area contributed by atoms with E-state index in [9.17, 15) is 14.4 Å². The van der Waals surface area contributed by atoms with Crippen LogP contribution in [0.15, 0.2) is 18.2 Å². The predicted molar refractivity (Wildman–Crippen MR) is 90.3 cm³/mol. The molecule has 1 aliphatic heterocycles. The summed E-state index contributed by atoms with van der Waals surface area (Å²) in [5.74, 6) is -1.17. The molecule has 8 nitrogen and oxygen atoms in total. The SMILES string of the molecule is Cc1nc(C(C)NC(=O)c2ccc3c(c2)NC(=O)CO3)sc1C(=O)O. The number of anilines is 1. The van der Waals surface area contributed by atoms with E-state index in [0.717, 1.165) is 11.3 Å². The van der Waals surface area contributed by atoms with E-state index in [4.69, 9.17) is 9.84 Å². The highest BCUT2D eigenvalue weighted by molar-refractivity contribution is 7.13. The largest absolute Gasteiger partial charge is 0.482 e. The van der Waals surface area contributed by atoms with E-state index in [2.05, 4.69) is 15.6 Å². The topological polar surface area (TPSA) is 118 Å². The molecule has 3 N–H and O–H groups in total. The normalized spacial score (nSPS) is 14.1. The van der Waals surface area contributed by atoms with Crippen LogP contribution in [-0.4, -0.2) is 34.5 Å². The van der Waals surface area contributed by atoms with E-state index >= 15 is 0 Å². The van der Waals surface area contributed by atoms with E-state index in [1.165, 1.54) is 6.07 Å². The Morgan fingerprint density at radius 1 is 1.44 bits per heavy atom. The Kier molecular flexibility index (Phi) is 4.41. The first kappa shape index (κ1) is 16.9. The lowest BCUT2D eigenvalue weighted by Gasteiger charge is -2.18. The van der Waals surface area contributed by atoms with Gasteiger partial charge in [-0.2, -0.15) is 0 Å². The molecule has 1 aromatic carbocycles. The second-order valence-corrected chi connectivity index (χ2v) is 6.55. The second-order valence-electron chi connectivity index (χ2n) is 5.51. The van der Waals surface area contributed by atoms with Crippen LogP contribution < -0.4 is 15.4 Å². The molecule has 0 aliphatic carbocycles. The monoisotopic (exact) mass is 361 g/mol. The van der Waals surface area contributed by atoms with Crippen molar-refractivity contribution in [1.82, 2.24) is 10.3 Å². The summed E-state index contributed by atoms with van der Waals surface area (Å²) >= 11 is 1.03. The van der Waals surface area contributed by atoms with Crippen LogP contribution in [-0.2, 0) is 4.79 Å². The zero-order chi connectivity index (χ0) is 18.1. The number of amides is 2. The number of nitrogens with zero attached hydrogens (tertiary/aromatic N) is 1. The lowest BCUT2D eigenvalue weighted by atomic mass is 10.1. The van der Waals surface area contributed by atoms with Crippen LogP contribution >= 0.6 is 11.3 Å². The van der Waals surface area contributed by atoms with Crippen LogP contribution in [0.25, 0.3) is 0 Å².